The number of para-hydroxylation sites is 1. The summed E-state index contributed by atoms with van der Waals surface area (Å²) in [7, 11) is 0. The van der Waals surface area contributed by atoms with Crippen LogP contribution in [-0.4, -0.2) is 20.4 Å². The SMILES string of the molecule is C[C@H](NC(=O)[C@@H](CC1CC1)n1c(=O)[nH]c2ccccc2c1=O)c1ncc(F)cc1F. The van der Waals surface area contributed by atoms with Gasteiger partial charge in [-0.3, -0.25) is 14.6 Å². The predicted octanol–water partition coefficient (Wildman–Crippen LogP) is 2.58. The maximum atomic E-state index is 14.0. The van der Waals surface area contributed by atoms with Gasteiger partial charge in [0, 0.05) is 6.07 Å². The summed E-state index contributed by atoms with van der Waals surface area (Å²) in [6.07, 6.45) is 3.00. The lowest BCUT2D eigenvalue weighted by Gasteiger charge is -2.22. The van der Waals surface area contributed by atoms with Crippen molar-refractivity contribution in [2.24, 2.45) is 5.92 Å². The summed E-state index contributed by atoms with van der Waals surface area (Å²) in [6, 6.07) is 5.32. The Kier molecular flexibility index (Phi) is 5.19. The highest BCUT2D eigenvalue weighted by Crippen LogP contribution is 2.36. The number of rotatable bonds is 6. The van der Waals surface area contributed by atoms with Crippen molar-refractivity contribution >= 4 is 16.8 Å². The zero-order valence-electron chi connectivity index (χ0n) is 16.2. The maximum Gasteiger partial charge on any atom is 0.329 e. The average Bonchev–Trinajstić information content (AvgIpc) is 3.51. The quantitative estimate of drug-likeness (QED) is 0.648. The zero-order chi connectivity index (χ0) is 21.4. The third kappa shape index (κ3) is 3.87. The molecule has 1 amide bonds. The van der Waals surface area contributed by atoms with Crippen molar-refractivity contribution in [3.63, 3.8) is 0 Å². The van der Waals surface area contributed by atoms with E-state index in [1.165, 1.54) is 6.92 Å². The van der Waals surface area contributed by atoms with E-state index in [1.54, 1.807) is 24.3 Å². The predicted molar refractivity (Wildman–Crippen MR) is 106 cm³/mol. The van der Waals surface area contributed by atoms with E-state index < -0.39 is 40.9 Å². The Morgan fingerprint density at radius 2 is 2.03 bits per heavy atom. The van der Waals surface area contributed by atoms with E-state index in [2.05, 4.69) is 15.3 Å². The number of halogens is 2. The molecule has 9 heteroatoms. The molecule has 0 spiro atoms. The van der Waals surface area contributed by atoms with Crippen LogP contribution in [0.3, 0.4) is 0 Å². The maximum absolute atomic E-state index is 14.0. The molecular formula is C21H20F2N4O3. The number of carbonyl (C=O) groups excluding carboxylic acids is 1. The Morgan fingerprint density at radius 1 is 1.30 bits per heavy atom. The molecule has 0 radical (unpaired) electrons. The van der Waals surface area contributed by atoms with E-state index >= 15 is 0 Å². The number of nitrogens with zero attached hydrogens (tertiary/aromatic N) is 2. The molecule has 156 valence electrons. The number of aromatic amines is 1. The number of amides is 1. The van der Waals surface area contributed by atoms with Crippen LogP contribution in [0.15, 0.2) is 46.1 Å². The molecule has 30 heavy (non-hydrogen) atoms. The van der Waals surface area contributed by atoms with E-state index in [9.17, 15) is 23.2 Å². The molecule has 2 N–H and O–H groups in total. The first-order valence-corrected chi connectivity index (χ1v) is 9.70. The molecule has 7 nitrogen and oxygen atoms in total. The first-order valence-electron chi connectivity index (χ1n) is 9.70. The Bertz CT molecular complexity index is 1230. The summed E-state index contributed by atoms with van der Waals surface area (Å²) in [4.78, 5) is 45.1. The minimum Gasteiger partial charge on any atom is -0.346 e. The molecule has 1 fully saturated rings. The van der Waals surface area contributed by atoms with E-state index in [4.69, 9.17) is 0 Å². The average molecular weight is 414 g/mol. The fourth-order valence-corrected chi connectivity index (χ4v) is 3.58. The number of hydrogen-bond donors (Lipinski definition) is 2. The minimum atomic E-state index is -1.05. The number of hydrogen-bond acceptors (Lipinski definition) is 4. The van der Waals surface area contributed by atoms with Gasteiger partial charge in [0.05, 0.1) is 28.8 Å². The lowest BCUT2D eigenvalue weighted by Crippen LogP contribution is -2.45. The summed E-state index contributed by atoms with van der Waals surface area (Å²) < 4.78 is 28.1. The van der Waals surface area contributed by atoms with Gasteiger partial charge in [-0.05, 0) is 31.4 Å². The molecule has 0 aliphatic heterocycles. The van der Waals surface area contributed by atoms with Gasteiger partial charge in [-0.15, -0.1) is 0 Å². The summed E-state index contributed by atoms with van der Waals surface area (Å²) >= 11 is 0. The number of nitrogens with one attached hydrogen (secondary N) is 2. The number of aromatic nitrogens is 3. The van der Waals surface area contributed by atoms with Crippen LogP contribution in [0.2, 0.25) is 0 Å². The van der Waals surface area contributed by atoms with Crippen LogP contribution >= 0.6 is 0 Å². The molecule has 3 aromatic rings. The largest absolute Gasteiger partial charge is 0.346 e. The number of pyridine rings is 1. The van der Waals surface area contributed by atoms with Crippen LogP contribution in [0.5, 0.6) is 0 Å². The van der Waals surface area contributed by atoms with Crippen molar-refractivity contribution in [3.05, 3.63) is 74.7 Å². The fourth-order valence-electron chi connectivity index (χ4n) is 3.58. The monoisotopic (exact) mass is 414 g/mol. The number of fused-ring (bicyclic) bond motifs is 1. The highest BCUT2D eigenvalue weighted by molar-refractivity contribution is 5.82. The van der Waals surface area contributed by atoms with Gasteiger partial charge in [0.2, 0.25) is 5.91 Å². The molecule has 2 aromatic heterocycles. The van der Waals surface area contributed by atoms with E-state index in [0.29, 0.717) is 23.4 Å². The standard InChI is InChI=1S/C21H20F2N4O3/c1-11(18-15(23)9-13(22)10-24-18)25-19(28)17(8-12-6-7-12)27-20(29)14-4-2-3-5-16(14)26-21(27)30/h2-5,9-12,17H,6-8H2,1H3,(H,25,28)(H,26,30)/t11-,17+/m0/s1. The van der Waals surface area contributed by atoms with E-state index in [-0.39, 0.29) is 11.6 Å². The second-order valence-corrected chi connectivity index (χ2v) is 7.60. The fraction of sp³-hybridized carbons (Fsp3) is 0.333. The Balaban J connectivity index is 1.69. The molecule has 2 atom stereocenters. The van der Waals surface area contributed by atoms with Crippen LogP contribution in [0.25, 0.3) is 10.9 Å². The Morgan fingerprint density at radius 3 is 2.73 bits per heavy atom. The summed E-state index contributed by atoms with van der Waals surface area (Å²) in [5.74, 6) is -2.07. The van der Waals surface area contributed by atoms with Crippen LogP contribution in [0, 0.1) is 17.6 Å². The molecule has 2 heterocycles. The summed E-state index contributed by atoms with van der Waals surface area (Å²) in [6.45, 7) is 1.50. The van der Waals surface area contributed by atoms with Crippen molar-refractivity contribution in [1.29, 1.82) is 0 Å². The second-order valence-electron chi connectivity index (χ2n) is 7.60. The zero-order valence-corrected chi connectivity index (χ0v) is 16.2. The van der Waals surface area contributed by atoms with Gasteiger partial charge < -0.3 is 10.3 Å². The second kappa shape index (κ2) is 7.81. The van der Waals surface area contributed by atoms with Gasteiger partial charge in [-0.2, -0.15) is 0 Å². The first kappa shape index (κ1) is 19.9. The third-order valence-electron chi connectivity index (χ3n) is 5.31. The van der Waals surface area contributed by atoms with Crippen LogP contribution in [0.1, 0.15) is 44.0 Å². The first-order chi connectivity index (χ1) is 14.3. The summed E-state index contributed by atoms with van der Waals surface area (Å²) in [5.41, 5.74) is -0.984. The van der Waals surface area contributed by atoms with Gasteiger partial charge in [0.1, 0.15) is 17.7 Å². The van der Waals surface area contributed by atoms with Crippen LogP contribution in [0.4, 0.5) is 8.78 Å². The Hall–Kier alpha value is -3.36. The smallest absolute Gasteiger partial charge is 0.329 e. The number of benzene rings is 1. The van der Waals surface area contributed by atoms with Gasteiger partial charge in [-0.1, -0.05) is 25.0 Å². The van der Waals surface area contributed by atoms with Gasteiger partial charge in [-0.25, -0.2) is 18.1 Å². The van der Waals surface area contributed by atoms with Crippen molar-refractivity contribution in [2.75, 3.05) is 0 Å². The lowest BCUT2D eigenvalue weighted by atomic mass is 10.1. The van der Waals surface area contributed by atoms with Crippen molar-refractivity contribution in [3.8, 4) is 0 Å². The molecule has 1 aromatic carbocycles. The summed E-state index contributed by atoms with van der Waals surface area (Å²) in [5, 5.41) is 2.91. The molecule has 1 aliphatic rings. The highest BCUT2D eigenvalue weighted by atomic mass is 19.1. The molecule has 0 saturated heterocycles. The molecule has 0 bridgehead atoms. The number of carbonyl (C=O) groups is 1. The molecule has 1 saturated carbocycles. The Labute approximate surface area is 169 Å². The van der Waals surface area contributed by atoms with E-state index in [1.807, 2.05) is 0 Å². The normalized spacial score (nSPS) is 15.7. The number of H-pyrrole nitrogens is 1. The highest BCUT2D eigenvalue weighted by Gasteiger charge is 2.33. The molecule has 4 rings (SSSR count). The third-order valence-corrected chi connectivity index (χ3v) is 5.31. The molecule has 0 unspecified atom stereocenters. The van der Waals surface area contributed by atoms with Crippen LogP contribution < -0.4 is 16.6 Å². The lowest BCUT2D eigenvalue weighted by molar-refractivity contribution is -0.125. The van der Waals surface area contributed by atoms with Crippen molar-refractivity contribution in [2.45, 2.75) is 38.3 Å². The van der Waals surface area contributed by atoms with Gasteiger partial charge >= 0.3 is 5.69 Å². The molecule has 1 aliphatic carbocycles. The minimum absolute atomic E-state index is 0.130. The molecular weight excluding hydrogens is 394 g/mol. The van der Waals surface area contributed by atoms with E-state index in [0.717, 1.165) is 23.6 Å². The van der Waals surface area contributed by atoms with Crippen molar-refractivity contribution < 1.29 is 13.6 Å². The van der Waals surface area contributed by atoms with Gasteiger partial charge in [0.25, 0.3) is 5.56 Å². The topological polar surface area (TPSA) is 96.9 Å². The van der Waals surface area contributed by atoms with Crippen LogP contribution in [-0.2, 0) is 4.79 Å². The van der Waals surface area contributed by atoms with Gasteiger partial charge in [0.15, 0.2) is 0 Å². The van der Waals surface area contributed by atoms with Crippen molar-refractivity contribution in [1.82, 2.24) is 19.9 Å².